The van der Waals surface area contributed by atoms with Gasteiger partial charge in [-0.15, -0.1) is 0 Å². The lowest BCUT2D eigenvalue weighted by Gasteiger charge is -2.15. The van der Waals surface area contributed by atoms with Crippen molar-refractivity contribution in [2.45, 2.75) is 32.0 Å². The third-order valence-corrected chi connectivity index (χ3v) is 4.93. The number of esters is 1. The molecule has 0 spiro atoms. The van der Waals surface area contributed by atoms with Gasteiger partial charge in [-0.1, -0.05) is 36.4 Å². The number of rotatable bonds is 9. The number of amides is 1. The van der Waals surface area contributed by atoms with Crippen LogP contribution in [0.15, 0.2) is 72.9 Å². The van der Waals surface area contributed by atoms with Gasteiger partial charge in [-0.05, 0) is 55.7 Å². The Morgan fingerprint density at radius 2 is 1.79 bits per heavy atom. The zero-order chi connectivity index (χ0) is 24.6. The maximum Gasteiger partial charge on any atom is 0.416 e. The smallest absolute Gasteiger partial charge is 0.416 e. The van der Waals surface area contributed by atoms with Gasteiger partial charge in [-0.25, -0.2) is 9.78 Å². The normalized spacial score (nSPS) is 12.0. The molecule has 178 valence electrons. The van der Waals surface area contributed by atoms with E-state index in [0.717, 1.165) is 30.5 Å². The highest BCUT2D eigenvalue weighted by Crippen LogP contribution is 2.31. The monoisotopic (exact) mass is 471 g/mol. The van der Waals surface area contributed by atoms with Crippen molar-refractivity contribution in [3.63, 3.8) is 0 Å². The van der Waals surface area contributed by atoms with Crippen LogP contribution in [-0.2, 0) is 22.1 Å². The molecular formula is C25H24F3N3O3. The molecule has 2 aromatic carbocycles. The second kappa shape index (κ2) is 11.3. The van der Waals surface area contributed by atoms with Crippen LogP contribution in [0.4, 0.5) is 24.7 Å². The quantitative estimate of drug-likeness (QED) is 0.423. The first kappa shape index (κ1) is 24.8. The van der Waals surface area contributed by atoms with Crippen molar-refractivity contribution in [1.82, 2.24) is 10.3 Å². The molecule has 1 amide bonds. The Balaban J connectivity index is 1.55. The lowest BCUT2D eigenvalue weighted by Crippen LogP contribution is -2.36. The number of hydrogen-bond donors (Lipinski definition) is 2. The standard InChI is InChI=1S/C25H24F3N3O3/c1-17(12-13-18-7-3-2-4-8-18)30-22(32)16-34-24(33)21-11-6-14-29-23(21)31-20-10-5-9-19(15-20)25(26,27)28/h2-11,14-15,17H,12-13,16H2,1H3,(H,29,31)(H,30,32). The molecule has 0 fully saturated rings. The topological polar surface area (TPSA) is 80.3 Å². The first-order valence-electron chi connectivity index (χ1n) is 10.6. The molecule has 1 unspecified atom stereocenters. The number of hydrogen-bond acceptors (Lipinski definition) is 5. The van der Waals surface area contributed by atoms with Gasteiger partial charge in [0.25, 0.3) is 5.91 Å². The highest BCUT2D eigenvalue weighted by Gasteiger charge is 2.30. The third kappa shape index (κ3) is 7.33. The number of carbonyl (C=O) groups excluding carboxylic acids is 2. The number of alkyl halides is 3. The predicted molar refractivity (Wildman–Crippen MR) is 122 cm³/mol. The number of ether oxygens (including phenoxy) is 1. The van der Waals surface area contributed by atoms with E-state index in [9.17, 15) is 22.8 Å². The predicted octanol–water partition coefficient (Wildman–Crippen LogP) is 5.14. The molecule has 9 heteroatoms. The Labute approximate surface area is 195 Å². The van der Waals surface area contributed by atoms with Crippen LogP contribution >= 0.6 is 0 Å². The van der Waals surface area contributed by atoms with Crippen LogP contribution in [-0.4, -0.2) is 29.5 Å². The fraction of sp³-hybridized carbons (Fsp3) is 0.240. The van der Waals surface area contributed by atoms with Crippen molar-refractivity contribution in [1.29, 1.82) is 0 Å². The van der Waals surface area contributed by atoms with Crippen LogP contribution in [0.3, 0.4) is 0 Å². The average molecular weight is 471 g/mol. The van der Waals surface area contributed by atoms with Gasteiger partial charge in [0.15, 0.2) is 6.61 Å². The summed E-state index contributed by atoms with van der Waals surface area (Å²) in [4.78, 5) is 28.7. The Kier molecular flexibility index (Phi) is 8.24. The van der Waals surface area contributed by atoms with E-state index in [-0.39, 0.29) is 23.1 Å². The highest BCUT2D eigenvalue weighted by atomic mass is 19.4. The highest BCUT2D eigenvalue weighted by molar-refractivity contribution is 5.96. The molecule has 1 heterocycles. The van der Waals surface area contributed by atoms with E-state index in [1.807, 2.05) is 37.3 Å². The van der Waals surface area contributed by atoms with Gasteiger partial charge < -0.3 is 15.4 Å². The van der Waals surface area contributed by atoms with E-state index < -0.39 is 30.2 Å². The number of aromatic nitrogens is 1. The summed E-state index contributed by atoms with van der Waals surface area (Å²) in [5, 5.41) is 5.48. The summed E-state index contributed by atoms with van der Waals surface area (Å²) in [5.74, 6) is -1.26. The molecule has 0 aliphatic heterocycles. The summed E-state index contributed by atoms with van der Waals surface area (Å²) in [6.07, 6.45) is -1.61. The van der Waals surface area contributed by atoms with Crippen LogP contribution in [0.5, 0.6) is 0 Å². The summed E-state index contributed by atoms with van der Waals surface area (Å²) in [6, 6.07) is 17.1. The van der Waals surface area contributed by atoms with E-state index >= 15 is 0 Å². The van der Waals surface area contributed by atoms with Gasteiger partial charge in [0.2, 0.25) is 0 Å². The van der Waals surface area contributed by atoms with Crippen molar-refractivity contribution in [2.24, 2.45) is 0 Å². The van der Waals surface area contributed by atoms with Gasteiger partial charge in [-0.2, -0.15) is 13.2 Å². The number of pyridine rings is 1. The minimum atomic E-state index is -4.50. The molecule has 1 atom stereocenters. The summed E-state index contributed by atoms with van der Waals surface area (Å²) in [7, 11) is 0. The minimum absolute atomic E-state index is 0.00941. The van der Waals surface area contributed by atoms with E-state index in [1.165, 1.54) is 30.5 Å². The first-order chi connectivity index (χ1) is 16.2. The fourth-order valence-corrected chi connectivity index (χ4v) is 3.20. The van der Waals surface area contributed by atoms with E-state index in [2.05, 4.69) is 15.6 Å². The van der Waals surface area contributed by atoms with Crippen molar-refractivity contribution in [3.8, 4) is 0 Å². The molecule has 0 saturated carbocycles. The Bertz CT molecular complexity index is 1120. The van der Waals surface area contributed by atoms with Crippen LogP contribution in [0, 0.1) is 0 Å². The average Bonchev–Trinajstić information content (AvgIpc) is 2.82. The van der Waals surface area contributed by atoms with Gasteiger partial charge >= 0.3 is 12.1 Å². The molecule has 6 nitrogen and oxygen atoms in total. The molecule has 1 aromatic heterocycles. The molecule has 0 aliphatic carbocycles. The summed E-state index contributed by atoms with van der Waals surface area (Å²) in [6.45, 7) is 1.37. The zero-order valence-electron chi connectivity index (χ0n) is 18.4. The lowest BCUT2D eigenvalue weighted by molar-refractivity contribution is -0.137. The Morgan fingerprint density at radius 1 is 1.03 bits per heavy atom. The molecule has 3 rings (SSSR count). The second-order valence-electron chi connectivity index (χ2n) is 7.67. The van der Waals surface area contributed by atoms with Gasteiger partial charge in [0.1, 0.15) is 11.4 Å². The molecule has 0 saturated heterocycles. The Morgan fingerprint density at radius 3 is 2.53 bits per heavy atom. The fourth-order valence-electron chi connectivity index (χ4n) is 3.20. The van der Waals surface area contributed by atoms with Crippen molar-refractivity contribution in [2.75, 3.05) is 11.9 Å². The maximum absolute atomic E-state index is 13.0. The Hall–Kier alpha value is -3.88. The van der Waals surface area contributed by atoms with Crippen molar-refractivity contribution < 1.29 is 27.5 Å². The number of carbonyl (C=O) groups is 2. The van der Waals surface area contributed by atoms with Crippen LogP contribution < -0.4 is 10.6 Å². The molecule has 3 aromatic rings. The molecule has 2 N–H and O–H groups in total. The minimum Gasteiger partial charge on any atom is -0.452 e. The van der Waals surface area contributed by atoms with Gasteiger partial charge in [0.05, 0.1) is 5.56 Å². The lowest BCUT2D eigenvalue weighted by atomic mass is 10.1. The number of halogens is 3. The summed E-state index contributed by atoms with van der Waals surface area (Å²) >= 11 is 0. The number of nitrogens with one attached hydrogen (secondary N) is 2. The van der Waals surface area contributed by atoms with Gasteiger partial charge in [-0.3, -0.25) is 4.79 Å². The van der Waals surface area contributed by atoms with E-state index in [0.29, 0.717) is 0 Å². The number of benzene rings is 2. The van der Waals surface area contributed by atoms with Crippen molar-refractivity contribution >= 4 is 23.4 Å². The summed E-state index contributed by atoms with van der Waals surface area (Å²) < 4.78 is 44.0. The summed E-state index contributed by atoms with van der Waals surface area (Å²) in [5.41, 5.74) is 0.417. The number of nitrogens with zero attached hydrogens (tertiary/aromatic N) is 1. The van der Waals surface area contributed by atoms with Gasteiger partial charge in [0, 0.05) is 17.9 Å². The molecule has 0 aliphatic rings. The maximum atomic E-state index is 13.0. The third-order valence-electron chi connectivity index (χ3n) is 4.93. The molecule has 34 heavy (non-hydrogen) atoms. The first-order valence-corrected chi connectivity index (χ1v) is 10.6. The van der Waals surface area contributed by atoms with Crippen LogP contribution in [0.25, 0.3) is 0 Å². The SMILES string of the molecule is CC(CCc1ccccc1)NC(=O)COC(=O)c1cccnc1Nc1cccc(C(F)(F)F)c1. The van der Waals surface area contributed by atoms with Crippen LogP contribution in [0.1, 0.15) is 34.8 Å². The largest absolute Gasteiger partial charge is 0.452 e. The van der Waals surface area contributed by atoms with E-state index in [4.69, 9.17) is 4.74 Å². The van der Waals surface area contributed by atoms with Crippen LogP contribution in [0.2, 0.25) is 0 Å². The second-order valence-corrected chi connectivity index (χ2v) is 7.67. The van der Waals surface area contributed by atoms with Crippen molar-refractivity contribution in [3.05, 3.63) is 89.6 Å². The van der Waals surface area contributed by atoms with E-state index in [1.54, 1.807) is 0 Å². The molecular weight excluding hydrogens is 447 g/mol. The zero-order valence-corrected chi connectivity index (χ0v) is 18.4. The number of aryl methyl sites for hydroxylation is 1. The molecule has 0 radical (unpaired) electrons. The molecule has 0 bridgehead atoms. The number of anilines is 2.